The minimum absolute atomic E-state index is 0.263. The highest BCUT2D eigenvalue weighted by molar-refractivity contribution is 5.89. The molecule has 0 saturated heterocycles. The SMILES string of the molecule is C/C=C/C=C/C=C/CCC/C=C/C(=O)CCC(C)C. The molecule has 0 aromatic rings. The van der Waals surface area contributed by atoms with Gasteiger partial charge in [-0.1, -0.05) is 56.4 Å². The molecule has 0 N–H and O–H groups in total. The largest absolute Gasteiger partial charge is 0.295 e. The molecule has 0 radical (unpaired) electrons. The van der Waals surface area contributed by atoms with Crippen LogP contribution < -0.4 is 0 Å². The first kappa shape index (κ1) is 17.6. The third-order valence-electron chi connectivity index (χ3n) is 2.68. The first-order valence-corrected chi connectivity index (χ1v) is 7.30. The van der Waals surface area contributed by atoms with E-state index >= 15 is 0 Å². The fourth-order valence-electron chi connectivity index (χ4n) is 1.50. The maximum absolute atomic E-state index is 11.5. The predicted molar refractivity (Wildman–Crippen MR) is 85.2 cm³/mol. The second-order valence-corrected chi connectivity index (χ2v) is 5.07. The molecule has 0 rings (SSSR count). The molecule has 0 aromatic carbocycles. The van der Waals surface area contributed by atoms with Gasteiger partial charge in [0.2, 0.25) is 0 Å². The summed E-state index contributed by atoms with van der Waals surface area (Å²) in [5.74, 6) is 0.872. The highest BCUT2D eigenvalue weighted by atomic mass is 16.1. The smallest absolute Gasteiger partial charge is 0.155 e. The van der Waals surface area contributed by atoms with Gasteiger partial charge in [-0.2, -0.15) is 0 Å². The van der Waals surface area contributed by atoms with Crippen molar-refractivity contribution in [2.75, 3.05) is 0 Å². The first-order chi connectivity index (χ1) is 9.16. The summed E-state index contributed by atoms with van der Waals surface area (Å²) in [7, 11) is 0. The fourth-order valence-corrected chi connectivity index (χ4v) is 1.50. The minimum Gasteiger partial charge on any atom is -0.295 e. The summed E-state index contributed by atoms with van der Waals surface area (Å²) in [4.78, 5) is 11.5. The van der Waals surface area contributed by atoms with Crippen molar-refractivity contribution in [3.05, 3.63) is 48.6 Å². The lowest BCUT2D eigenvalue weighted by molar-refractivity contribution is -0.114. The monoisotopic (exact) mass is 260 g/mol. The van der Waals surface area contributed by atoms with Gasteiger partial charge < -0.3 is 0 Å². The topological polar surface area (TPSA) is 17.1 Å². The van der Waals surface area contributed by atoms with Gasteiger partial charge in [-0.3, -0.25) is 4.79 Å². The molecule has 0 unspecified atom stereocenters. The Bertz CT molecular complexity index is 330. The van der Waals surface area contributed by atoms with Gasteiger partial charge in [0, 0.05) is 6.42 Å². The normalized spacial score (nSPS) is 12.8. The molecule has 0 heterocycles. The Kier molecular flexibility index (Phi) is 12.1. The van der Waals surface area contributed by atoms with Crippen molar-refractivity contribution in [2.45, 2.75) is 52.9 Å². The van der Waals surface area contributed by atoms with Crippen LogP contribution in [0.3, 0.4) is 0 Å². The zero-order chi connectivity index (χ0) is 14.3. The average Bonchev–Trinajstić information content (AvgIpc) is 2.38. The Morgan fingerprint density at radius 1 is 1.00 bits per heavy atom. The lowest BCUT2D eigenvalue weighted by Crippen LogP contribution is -1.96. The van der Waals surface area contributed by atoms with Crippen LogP contribution in [0, 0.1) is 5.92 Å². The van der Waals surface area contributed by atoms with Gasteiger partial charge in [0.05, 0.1) is 0 Å². The molecule has 106 valence electrons. The van der Waals surface area contributed by atoms with Gasteiger partial charge in [0.25, 0.3) is 0 Å². The van der Waals surface area contributed by atoms with Gasteiger partial charge in [-0.05, 0) is 44.6 Å². The number of hydrogen-bond donors (Lipinski definition) is 0. The van der Waals surface area contributed by atoms with Gasteiger partial charge in [-0.25, -0.2) is 0 Å². The van der Waals surface area contributed by atoms with Gasteiger partial charge in [0.15, 0.2) is 5.78 Å². The number of allylic oxidation sites excluding steroid dienone is 8. The molecule has 0 bridgehead atoms. The van der Waals surface area contributed by atoms with Crippen LogP contribution in [0.25, 0.3) is 0 Å². The lowest BCUT2D eigenvalue weighted by atomic mass is 10.1. The molecule has 0 aliphatic heterocycles. The van der Waals surface area contributed by atoms with E-state index in [2.05, 4.69) is 26.0 Å². The van der Waals surface area contributed by atoms with Gasteiger partial charge in [0.1, 0.15) is 0 Å². The van der Waals surface area contributed by atoms with Gasteiger partial charge >= 0.3 is 0 Å². The van der Waals surface area contributed by atoms with Crippen LogP contribution in [0.4, 0.5) is 0 Å². The second kappa shape index (κ2) is 13.1. The number of ketones is 1. The number of unbranched alkanes of at least 4 members (excludes halogenated alkanes) is 2. The van der Waals surface area contributed by atoms with E-state index in [4.69, 9.17) is 0 Å². The maximum Gasteiger partial charge on any atom is 0.155 e. The summed E-state index contributed by atoms with van der Waals surface area (Å²) in [6, 6.07) is 0. The maximum atomic E-state index is 11.5. The predicted octanol–water partition coefficient (Wildman–Crippen LogP) is 5.41. The molecule has 0 saturated carbocycles. The van der Waals surface area contributed by atoms with Gasteiger partial charge in [-0.15, -0.1) is 0 Å². The Balaban J connectivity index is 3.55. The molecule has 1 heteroatoms. The van der Waals surface area contributed by atoms with Crippen molar-refractivity contribution in [3.63, 3.8) is 0 Å². The van der Waals surface area contributed by atoms with E-state index in [1.54, 1.807) is 6.08 Å². The zero-order valence-corrected chi connectivity index (χ0v) is 12.6. The van der Waals surface area contributed by atoms with Crippen LogP contribution in [-0.2, 0) is 4.79 Å². The van der Waals surface area contributed by atoms with Crippen LogP contribution in [0.15, 0.2) is 48.6 Å². The Labute approximate surface area is 118 Å². The number of hydrogen-bond acceptors (Lipinski definition) is 1. The van der Waals surface area contributed by atoms with E-state index in [0.29, 0.717) is 12.3 Å². The van der Waals surface area contributed by atoms with Crippen molar-refractivity contribution < 1.29 is 4.79 Å². The summed E-state index contributed by atoms with van der Waals surface area (Å²) in [6.07, 6.45) is 20.9. The highest BCUT2D eigenvalue weighted by Crippen LogP contribution is 2.05. The average molecular weight is 260 g/mol. The molecule has 1 nitrogen and oxygen atoms in total. The van der Waals surface area contributed by atoms with Crippen molar-refractivity contribution in [3.8, 4) is 0 Å². The molecule has 19 heavy (non-hydrogen) atoms. The van der Waals surface area contributed by atoms with Crippen molar-refractivity contribution in [2.24, 2.45) is 5.92 Å². The molecular weight excluding hydrogens is 232 g/mol. The summed E-state index contributed by atoms with van der Waals surface area (Å²) < 4.78 is 0. The van der Waals surface area contributed by atoms with E-state index in [1.165, 1.54) is 0 Å². The van der Waals surface area contributed by atoms with Crippen molar-refractivity contribution in [1.29, 1.82) is 0 Å². The standard InChI is InChI=1S/C18H28O/c1-4-5-6-7-8-9-10-11-12-13-14-18(19)16-15-17(2)3/h4-9,13-14,17H,10-12,15-16H2,1-3H3/b5-4+,7-6+,9-8+,14-13+. The van der Waals surface area contributed by atoms with Crippen LogP contribution in [0.5, 0.6) is 0 Å². The second-order valence-electron chi connectivity index (χ2n) is 5.07. The minimum atomic E-state index is 0.263. The zero-order valence-electron chi connectivity index (χ0n) is 12.6. The Morgan fingerprint density at radius 2 is 1.68 bits per heavy atom. The molecule has 0 aliphatic carbocycles. The molecule has 0 fully saturated rings. The Hall–Kier alpha value is -1.37. The Morgan fingerprint density at radius 3 is 2.37 bits per heavy atom. The number of rotatable bonds is 10. The van der Waals surface area contributed by atoms with E-state index in [9.17, 15) is 4.79 Å². The molecule has 0 amide bonds. The van der Waals surface area contributed by atoms with E-state index < -0.39 is 0 Å². The number of carbonyl (C=O) groups excluding carboxylic acids is 1. The first-order valence-electron chi connectivity index (χ1n) is 7.30. The summed E-state index contributed by atoms with van der Waals surface area (Å²) >= 11 is 0. The summed E-state index contributed by atoms with van der Waals surface area (Å²) in [5.41, 5.74) is 0. The molecule has 0 spiro atoms. The fraction of sp³-hybridized carbons (Fsp3) is 0.500. The van der Waals surface area contributed by atoms with E-state index in [-0.39, 0.29) is 5.78 Å². The van der Waals surface area contributed by atoms with Crippen LogP contribution in [0.2, 0.25) is 0 Å². The number of carbonyl (C=O) groups is 1. The molecule has 0 atom stereocenters. The molecule has 0 aliphatic rings. The summed E-state index contributed by atoms with van der Waals surface area (Å²) in [6.45, 7) is 6.30. The molecular formula is C18H28O. The summed E-state index contributed by atoms with van der Waals surface area (Å²) in [5, 5.41) is 0. The van der Waals surface area contributed by atoms with Crippen LogP contribution in [-0.4, -0.2) is 5.78 Å². The van der Waals surface area contributed by atoms with Crippen LogP contribution in [0.1, 0.15) is 52.9 Å². The third-order valence-corrected chi connectivity index (χ3v) is 2.68. The van der Waals surface area contributed by atoms with Crippen molar-refractivity contribution >= 4 is 5.78 Å². The van der Waals surface area contributed by atoms with Crippen LogP contribution >= 0.6 is 0 Å². The highest BCUT2D eigenvalue weighted by Gasteiger charge is 1.98. The molecule has 0 aromatic heterocycles. The third kappa shape index (κ3) is 14.6. The quantitative estimate of drug-likeness (QED) is 0.292. The van der Waals surface area contributed by atoms with E-state index in [1.807, 2.05) is 37.3 Å². The van der Waals surface area contributed by atoms with E-state index in [0.717, 1.165) is 25.7 Å². The van der Waals surface area contributed by atoms with Crippen molar-refractivity contribution in [1.82, 2.24) is 0 Å². The lowest BCUT2D eigenvalue weighted by Gasteiger charge is -2.00.